The van der Waals surface area contributed by atoms with E-state index < -0.39 is 17.5 Å². The van der Waals surface area contributed by atoms with Crippen LogP contribution in [0.1, 0.15) is 66.5 Å². The summed E-state index contributed by atoms with van der Waals surface area (Å²) in [5, 5.41) is 9.29. The SMILES string of the molecule is CCc1cc(C(=O)O)c(C(=O)OC(C)(C)C)cc1CC. The van der Waals surface area contributed by atoms with Crippen molar-refractivity contribution < 1.29 is 19.4 Å². The van der Waals surface area contributed by atoms with Crippen LogP contribution in [0.4, 0.5) is 0 Å². The Morgan fingerprint density at radius 2 is 1.50 bits per heavy atom. The second-order valence-electron chi connectivity index (χ2n) is 5.68. The third-order valence-corrected chi connectivity index (χ3v) is 2.95. The molecular formula is C16H22O4. The third kappa shape index (κ3) is 3.83. The molecule has 0 saturated carbocycles. The molecule has 0 fully saturated rings. The molecule has 20 heavy (non-hydrogen) atoms. The maximum absolute atomic E-state index is 12.2. The van der Waals surface area contributed by atoms with Gasteiger partial charge >= 0.3 is 11.9 Å². The first-order valence-corrected chi connectivity index (χ1v) is 6.82. The maximum atomic E-state index is 12.2. The zero-order valence-electron chi connectivity index (χ0n) is 12.7. The van der Waals surface area contributed by atoms with Crippen LogP contribution in [-0.2, 0) is 17.6 Å². The average Bonchev–Trinajstić information content (AvgIpc) is 2.34. The first kappa shape index (κ1) is 16.2. The fraction of sp³-hybridized carbons (Fsp3) is 0.500. The number of rotatable bonds is 4. The molecule has 4 heteroatoms. The van der Waals surface area contributed by atoms with Gasteiger partial charge in [-0.2, -0.15) is 0 Å². The van der Waals surface area contributed by atoms with E-state index in [1.54, 1.807) is 32.9 Å². The van der Waals surface area contributed by atoms with Crippen molar-refractivity contribution in [1.29, 1.82) is 0 Å². The van der Waals surface area contributed by atoms with Crippen LogP contribution in [0.5, 0.6) is 0 Å². The number of hydrogen-bond acceptors (Lipinski definition) is 3. The Hall–Kier alpha value is -1.84. The van der Waals surface area contributed by atoms with Gasteiger partial charge in [-0.1, -0.05) is 13.8 Å². The van der Waals surface area contributed by atoms with E-state index in [9.17, 15) is 14.7 Å². The lowest BCUT2D eigenvalue weighted by Crippen LogP contribution is -2.25. The van der Waals surface area contributed by atoms with Crippen molar-refractivity contribution in [3.8, 4) is 0 Å². The van der Waals surface area contributed by atoms with E-state index >= 15 is 0 Å². The van der Waals surface area contributed by atoms with Crippen molar-refractivity contribution in [2.45, 2.75) is 53.1 Å². The molecule has 0 unspecified atom stereocenters. The van der Waals surface area contributed by atoms with Crippen LogP contribution in [0.3, 0.4) is 0 Å². The number of benzene rings is 1. The maximum Gasteiger partial charge on any atom is 0.339 e. The Morgan fingerprint density at radius 3 is 1.85 bits per heavy atom. The lowest BCUT2D eigenvalue weighted by atomic mass is 9.95. The normalized spacial score (nSPS) is 11.2. The molecule has 0 aliphatic heterocycles. The minimum absolute atomic E-state index is 0.00769. The quantitative estimate of drug-likeness (QED) is 0.857. The number of aromatic carboxylic acids is 1. The Labute approximate surface area is 119 Å². The van der Waals surface area contributed by atoms with Crippen molar-refractivity contribution in [1.82, 2.24) is 0 Å². The highest BCUT2D eigenvalue weighted by molar-refractivity contribution is 6.03. The number of carboxylic acid groups (broad SMARTS) is 1. The lowest BCUT2D eigenvalue weighted by molar-refractivity contribution is 0.00657. The van der Waals surface area contributed by atoms with Gasteiger partial charge in [0.15, 0.2) is 0 Å². The van der Waals surface area contributed by atoms with Crippen LogP contribution in [0, 0.1) is 0 Å². The largest absolute Gasteiger partial charge is 0.478 e. The van der Waals surface area contributed by atoms with Crippen LogP contribution in [-0.4, -0.2) is 22.6 Å². The summed E-state index contributed by atoms with van der Waals surface area (Å²) >= 11 is 0. The second-order valence-corrected chi connectivity index (χ2v) is 5.68. The molecule has 0 aliphatic carbocycles. The fourth-order valence-corrected chi connectivity index (χ4v) is 2.03. The number of carbonyl (C=O) groups excluding carboxylic acids is 1. The van der Waals surface area contributed by atoms with Crippen LogP contribution in [0.25, 0.3) is 0 Å². The van der Waals surface area contributed by atoms with Gasteiger partial charge in [-0.15, -0.1) is 0 Å². The molecule has 0 aliphatic rings. The van der Waals surface area contributed by atoms with E-state index in [1.165, 1.54) is 0 Å². The number of esters is 1. The van der Waals surface area contributed by atoms with Gasteiger partial charge in [-0.05, 0) is 56.9 Å². The number of aryl methyl sites for hydroxylation is 2. The van der Waals surface area contributed by atoms with Gasteiger partial charge in [0.1, 0.15) is 5.60 Å². The van der Waals surface area contributed by atoms with E-state index in [4.69, 9.17) is 4.74 Å². The van der Waals surface area contributed by atoms with E-state index in [0.29, 0.717) is 0 Å². The Morgan fingerprint density at radius 1 is 1.05 bits per heavy atom. The zero-order valence-corrected chi connectivity index (χ0v) is 12.7. The molecule has 110 valence electrons. The molecule has 1 aromatic rings. The molecule has 0 atom stereocenters. The summed E-state index contributed by atoms with van der Waals surface area (Å²) in [7, 11) is 0. The summed E-state index contributed by atoms with van der Waals surface area (Å²) in [4.78, 5) is 23.5. The first-order valence-electron chi connectivity index (χ1n) is 6.82. The van der Waals surface area contributed by atoms with Crippen LogP contribution in [0.2, 0.25) is 0 Å². The minimum Gasteiger partial charge on any atom is -0.478 e. The van der Waals surface area contributed by atoms with E-state index in [-0.39, 0.29) is 11.1 Å². The molecule has 1 aromatic carbocycles. The van der Waals surface area contributed by atoms with Crippen molar-refractivity contribution >= 4 is 11.9 Å². The highest BCUT2D eigenvalue weighted by Gasteiger charge is 2.24. The van der Waals surface area contributed by atoms with Gasteiger partial charge in [0, 0.05) is 0 Å². The van der Waals surface area contributed by atoms with Crippen molar-refractivity contribution in [3.63, 3.8) is 0 Å². The van der Waals surface area contributed by atoms with Crippen molar-refractivity contribution in [3.05, 3.63) is 34.4 Å². The van der Waals surface area contributed by atoms with Gasteiger partial charge in [0.05, 0.1) is 11.1 Å². The molecular weight excluding hydrogens is 256 g/mol. The van der Waals surface area contributed by atoms with Crippen molar-refractivity contribution in [2.24, 2.45) is 0 Å². The second kappa shape index (κ2) is 6.07. The topological polar surface area (TPSA) is 63.6 Å². The van der Waals surface area contributed by atoms with Gasteiger partial charge in [0.2, 0.25) is 0 Å². The fourth-order valence-electron chi connectivity index (χ4n) is 2.03. The summed E-state index contributed by atoms with van der Waals surface area (Å²) in [6, 6.07) is 3.23. The monoisotopic (exact) mass is 278 g/mol. The molecule has 1 rings (SSSR count). The smallest absolute Gasteiger partial charge is 0.339 e. The highest BCUT2D eigenvalue weighted by Crippen LogP contribution is 2.22. The Balaban J connectivity index is 3.36. The first-order chi connectivity index (χ1) is 9.19. The van der Waals surface area contributed by atoms with Gasteiger partial charge in [-0.3, -0.25) is 0 Å². The molecule has 0 bridgehead atoms. The number of carbonyl (C=O) groups is 2. The van der Waals surface area contributed by atoms with E-state index in [2.05, 4.69) is 0 Å². The third-order valence-electron chi connectivity index (χ3n) is 2.95. The molecule has 0 radical (unpaired) electrons. The van der Waals surface area contributed by atoms with Gasteiger partial charge in [0.25, 0.3) is 0 Å². The van der Waals surface area contributed by atoms with E-state index in [1.807, 2.05) is 13.8 Å². The predicted octanol–water partition coefficient (Wildman–Crippen LogP) is 3.46. The Bertz CT molecular complexity index is 524. The molecule has 4 nitrogen and oxygen atoms in total. The van der Waals surface area contributed by atoms with Crippen molar-refractivity contribution in [2.75, 3.05) is 0 Å². The average molecular weight is 278 g/mol. The minimum atomic E-state index is -1.11. The molecule has 0 aromatic heterocycles. The number of carboxylic acids is 1. The molecule has 0 amide bonds. The molecule has 0 heterocycles. The summed E-state index contributed by atoms with van der Waals surface area (Å²) in [6.45, 7) is 9.21. The predicted molar refractivity (Wildman–Crippen MR) is 77.3 cm³/mol. The zero-order chi connectivity index (χ0) is 15.5. The van der Waals surface area contributed by atoms with Crippen LogP contribution in [0.15, 0.2) is 12.1 Å². The standard InChI is InChI=1S/C16H22O4/c1-6-10-8-12(14(17)18)13(9-11(10)7-2)15(19)20-16(3,4)5/h8-9H,6-7H2,1-5H3,(H,17,18). The number of hydrogen-bond donors (Lipinski definition) is 1. The Kier molecular flexibility index (Phi) is 4.93. The van der Waals surface area contributed by atoms with Gasteiger partial charge < -0.3 is 9.84 Å². The van der Waals surface area contributed by atoms with E-state index in [0.717, 1.165) is 24.0 Å². The van der Waals surface area contributed by atoms with Crippen LogP contribution < -0.4 is 0 Å². The summed E-state index contributed by atoms with van der Waals surface area (Å²) in [5.41, 5.74) is 1.42. The van der Waals surface area contributed by atoms with Crippen LogP contribution >= 0.6 is 0 Å². The summed E-state index contributed by atoms with van der Waals surface area (Å²) < 4.78 is 5.29. The summed E-state index contributed by atoms with van der Waals surface area (Å²) in [6.07, 6.45) is 1.48. The highest BCUT2D eigenvalue weighted by atomic mass is 16.6. The molecule has 1 N–H and O–H groups in total. The lowest BCUT2D eigenvalue weighted by Gasteiger charge is -2.21. The summed E-state index contributed by atoms with van der Waals surface area (Å²) in [5.74, 6) is -1.70. The number of ether oxygens (including phenoxy) is 1. The molecule has 0 saturated heterocycles. The molecule has 0 spiro atoms. The van der Waals surface area contributed by atoms with Gasteiger partial charge in [-0.25, -0.2) is 9.59 Å².